The van der Waals surface area contributed by atoms with Gasteiger partial charge >= 0.3 is 0 Å². The minimum absolute atomic E-state index is 0.190. The maximum atomic E-state index is 12.6. The van der Waals surface area contributed by atoms with Crippen molar-refractivity contribution in [2.45, 2.75) is 13.3 Å². The number of hydrogen-bond donors (Lipinski definition) is 2. The van der Waals surface area contributed by atoms with Crippen molar-refractivity contribution in [2.75, 3.05) is 10.6 Å². The Morgan fingerprint density at radius 3 is 2.68 bits per heavy atom. The monoisotopic (exact) mass is 406 g/mol. The van der Waals surface area contributed by atoms with Gasteiger partial charge in [0.2, 0.25) is 0 Å². The van der Waals surface area contributed by atoms with Gasteiger partial charge in [0, 0.05) is 33.8 Å². The van der Waals surface area contributed by atoms with Crippen LogP contribution in [0.3, 0.4) is 0 Å². The van der Waals surface area contributed by atoms with Gasteiger partial charge in [-0.05, 0) is 30.2 Å². The maximum Gasteiger partial charge on any atom is 0.257 e. The van der Waals surface area contributed by atoms with E-state index in [-0.39, 0.29) is 5.91 Å². The number of hydrogen-bond acceptors (Lipinski definition) is 6. The maximum absolute atomic E-state index is 12.6. The second kappa shape index (κ2) is 8.33. The van der Waals surface area contributed by atoms with E-state index in [1.807, 2.05) is 22.9 Å². The molecule has 0 aliphatic rings. The van der Waals surface area contributed by atoms with Gasteiger partial charge in [-0.15, -0.1) is 22.7 Å². The second-order valence-corrected chi connectivity index (χ2v) is 7.84. The van der Waals surface area contributed by atoms with E-state index in [0.29, 0.717) is 10.7 Å². The predicted molar refractivity (Wildman–Crippen MR) is 117 cm³/mol. The molecule has 140 valence electrons. The SMILES string of the molecule is CCc1ccc(-c2csc(NC(=O)c3cccc(Nc4nccs4)c3)n2)cc1. The predicted octanol–water partition coefficient (Wildman–Crippen LogP) is 5.82. The van der Waals surface area contributed by atoms with Gasteiger partial charge in [-0.2, -0.15) is 0 Å². The lowest BCUT2D eigenvalue weighted by Gasteiger charge is -2.06. The van der Waals surface area contributed by atoms with E-state index >= 15 is 0 Å². The van der Waals surface area contributed by atoms with Crippen molar-refractivity contribution >= 4 is 44.5 Å². The van der Waals surface area contributed by atoms with E-state index in [9.17, 15) is 4.79 Å². The minimum Gasteiger partial charge on any atom is -0.332 e. The van der Waals surface area contributed by atoms with Crippen molar-refractivity contribution in [3.8, 4) is 11.3 Å². The summed E-state index contributed by atoms with van der Waals surface area (Å²) in [6, 6.07) is 15.7. The first kappa shape index (κ1) is 18.3. The molecule has 0 unspecified atom stereocenters. The van der Waals surface area contributed by atoms with Gasteiger partial charge in [-0.3, -0.25) is 10.1 Å². The first-order valence-corrected chi connectivity index (χ1v) is 10.6. The molecule has 5 nitrogen and oxygen atoms in total. The Hall–Kier alpha value is -3.03. The molecule has 0 fully saturated rings. The van der Waals surface area contributed by atoms with Crippen molar-refractivity contribution in [2.24, 2.45) is 0 Å². The Labute approximate surface area is 171 Å². The highest BCUT2D eigenvalue weighted by Gasteiger charge is 2.11. The third-order valence-electron chi connectivity index (χ3n) is 4.19. The van der Waals surface area contributed by atoms with E-state index < -0.39 is 0 Å². The van der Waals surface area contributed by atoms with Gasteiger partial charge in [0.05, 0.1) is 5.69 Å². The van der Waals surface area contributed by atoms with E-state index in [2.05, 4.69) is 51.8 Å². The van der Waals surface area contributed by atoms with Crippen LogP contribution < -0.4 is 10.6 Å². The molecular weight excluding hydrogens is 388 g/mol. The van der Waals surface area contributed by atoms with Crippen LogP contribution in [0.4, 0.5) is 16.0 Å². The lowest BCUT2D eigenvalue weighted by atomic mass is 10.1. The Kier molecular flexibility index (Phi) is 5.45. The van der Waals surface area contributed by atoms with E-state index in [0.717, 1.165) is 28.5 Å². The summed E-state index contributed by atoms with van der Waals surface area (Å²) in [5.74, 6) is -0.190. The lowest BCUT2D eigenvalue weighted by molar-refractivity contribution is 0.102. The number of anilines is 3. The zero-order valence-corrected chi connectivity index (χ0v) is 16.8. The topological polar surface area (TPSA) is 66.9 Å². The number of amides is 1. The molecule has 2 aromatic carbocycles. The van der Waals surface area contributed by atoms with Crippen LogP contribution in [0.5, 0.6) is 0 Å². The molecule has 0 bridgehead atoms. The second-order valence-electron chi connectivity index (χ2n) is 6.09. The van der Waals surface area contributed by atoms with Gasteiger partial charge in [0.25, 0.3) is 5.91 Å². The molecule has 0 saturated carbocycles. The van der Waals surface area contributed by atoms with Crippen LogP contribution in [0, 0.1) is 0 Å². The van der Waals surface area contributed by atoms with Crippen LogP contribution in [-0.4, -0.2) is 15.9 Å². The van der Waals surface area contributed by atoms with Crippen LogP contribution in [0.1, 0.15) is 22.8 Å². The fourth-order valence-corrected chi connectivity index (χ4v) is 3.95. The molecule has 4 rings (SSSR count). The summed E-state index contributed by atoms with van der Waals surface area (Å²) in [6.45, 7) is 2.13. The number of thiazole rings is 2. The van der Waals surface area contributed by atoms with Crippen LogP contribution in [0.2, 0.25) is 0 Å². The summed E-state index contributed by atoms with van der Waals surface area (Å²) in [4.78, 5) is 21.4. The Balaban J connectivity index is 1.46. The van der Waals surface area contributed by atoms with Crippen molar-refractivity contribution < 1.29 is 4.79 Å². The molecule has 2 aromatic heterocycles. The number of aryl methyl sites for hydroxylation is 1. The van der Waals surface area contributed by atoms with Crippen LogP contribution in [0.25, 0.3) is 11.3 Å². The first-order chi connectivity index (χ1) is 13.7. The summed E-state index contributed by atoms with van der Waals surface area (Å²) >= 11 is 2.92. The zero-order valence-electron chi connectivity index (χ0n) is 15.2. The summed E-state index contributed by atoms with van der Waals surface area (Å²) in [5, 5.41) is 11.3. The lowest BCUT2D eigenvalue weighted by Crippen LogP contribution is -2.11. The standard InChI is InChI=1S/C21H18N4OS2/c1-2-14-6-8-15(9-7-14)18-13-28-21(24-18)25-19(26)16-4-3-5-17(12-16)23-20-22-10-11-27-20/h3-13H,2H2,1H3,(H,22,23)(H,24,25,26). The highest BCUT2D eigenvalue weighted by Crippen LogP contribution is 2.26. The van der Waals surface area contributed by atoms with Crippen molar-refractivity contribution in [3.05, 3.63) is 76.6 Å². The van der Waals surface area contributed by atoms with Gasteiger partial charge in [0.15, 0.2) is 10.3 Å². The Morgan fingerprint density at radius 1 is 1.07 bits per heavy atom. The minimum atomic E-state index is -0.190. The van der Waals surface area contributed by atoms with Crippen molar-refractivity contribution in [1.82, 2.24) is 9.97 Å². The van der Waals surface area contributed by atoms with Crippen molar-refractivity contribution in [1.29, 1.82) is 0 Å². The smallest absolute Gasteiger partial charge is 0.257 e. The number of nitrogens with zero attached hydrogens (tertiary/aromatic N) is 2. The zero-order chi connectivity index (χ0) is 19.3. The third-order valence-corrected chi connectivity index (χ3v) is 5.64. The fraction of sp³-hybridized carbons (Fsp3) is 0.0952. The van der Waals surface area contributed by atoms with Gasteiger partial charge in [-0.1, -0.05) is 37.3 Å². The number of benzene rings is 2. The number of rotatable bonds is 6. The molecule has 4 aromatic rings. The average molecular weight is 407 g/mol. The summed E-state index contributed by atoms with van der Waals surface area (Å²) in [7, 11) is 0. The molecule has 0 aliphatic heterocycles. The molecule has 0 atom stereocenters. The van der Waals surface area contributed by atoms with Gasteiger partial charge in [-0.25, -0.2) is 9.97 Å². The highest BCUT2D eigenvalue weighted by molar-refractivity contribution is 7.14. The fourth-order valence-electron chi connectivity index (χ4n) is 2.69. The van der Waals surface area contributed by atoms with Crippen LogP contribution in [0.15, 0.2) is 65.5 Å². The van der Waals surface area contributed by atoms with Crippen LogP contribution >= 0.6 is 22.7 Å². The molecule has 2 N–H and O–H groups in total. The number of nitrogens with one attached hydrogen (secondary N) is 2. The molecule has 0 saturated heterocycles. The largest absolute Gasteiger partial charge is 0.332 e. The average Bonchev–Trinajstić information content (AvgIpc) is 3.40. The van der Waals surface area contributed by atoms with E-state index in [1.165, 1.54) is 28.2 Å². The highest BCUT2D eigenvalue weighted by atomic mass is 32.1. The van der Waals surface area contributed by atoms with E-state index in [4.69, 9.17) is 0 Å². The van der Waals surface area contributed by atoms with Gasteiger partial charge < -0.3 is 5.32 Å². The molecule has 2 heterocycles. The molecular formula is C21H18N4OS2. The summed E-state index contributed by atoms with van der Waals surface area (Å²) < 4.78 is 0. The van der Waals surface area contributed by atoms with Crippen LogP contribution in [-0.2, 0) is 6.42 Å². The Bertz CT molecular complexity index is 1070. The first-order valence-electron chi connectivity index (χ1n) is 8.84. The third kappa shape index (κ3) is 4.27. The molecule has 1 amide bonds. The number of aromatic nitrogens is 2. The Morgan fingerprint density at radius 2 is 1.93 bits per heavy atom. The van der Waals surface area contributed by atoms with E-state index in [1.54, 1.807) is 18.3 Å². The normalized spacial score (nSPS) is 10.6. The quantitative estimate of drug-likeness (QED) is 0.423. The summed E-state index contributed by atoms with van der Waals surface area (Å²) in [5.41, 5.74) is 4.58. The molecule has 0 aliphatic carbocycles. The van der Waals surface area contributed by atoms with Crippen molar-refractivity contribution in [3.63, 3.8) is 0 Å². The number of carbonyl (C=O) groups excluding carboxylic acids is 1. The number of carbonyl (C=O) groups is 1. The molecule has 7 heteroatoms. The molecule has 28 heavy (non-hydrogen) atoms. The summed E-state index contributed by atoms with van der Waals surface area (Å²) in [6.07, 6.45) is 2.74. The molecule has 0 spiro atoms. The van der Waals surface area contributed by atoms with Gasteiger partial charge in [0.1, 0.15) is 0 Å². The molecule has 0 radical (unpaired) electrons.